The number of rotatable bonds is 5. The molecule has 7 nitrogen and oxygen atoms in total. The highest BCUT2D eigenvalue weighted by Crippen LogP contribution is 2.25. The molecule has 2 unspecified atom stereocenters. The minimum Gasteiger partial charge on any atom is -0.480 e. The van der Waals surface area contributed by atoms with Crippen LogP contribution < -0.4 is 5.73 Å². The monoisotopic (exact) mass is 245 g/mol. The number of tetrazole rings is 1. The fraction of sp³-hybridized carbons (Fsp3) is 0.750. The van der Waals surface area contributed by atoms with Gasteiger partial charge in [-0.05, 0) is 23.8 Å². The van der Waals surface area contributed by atoms with Gasteiger partial charge < -0.3 is 10.8 Å². The molecule has 16 heavy (non-hydrogen) atoms. The largest absolute Gasteiger partial charge is 0.480 e. The molecule has 8 heteroatoms. The van der Waals surface area contributed by atoms with Crippen LogP contribution in [0.1, 0.15) is 20.3 Å². The Morgan fingerprint density at radius 2 is 2.38 bits per heavy atom. The van der Waals surface area contributed by atoms with Gasteiger partial charge in [0.2, 0.25) is 5.16 Å². The summed E-state index contributed by atoms with van der Waals surface area (Å²) in [5.74, 6) is -1.00. The highest BCUT2D eigenvalue weighted by atomic mass is 32.2. The van der Waals surface area contributed by atoms with Crippen LogP contribution in [0.4, 0.5) is 0 Å². The van der Waals surface area contributed by atoms with Crippen LogP contribution >= 0.6 is 11.8 Å². The Balaban J connectivity index is 2.58. The maximum absolute atomic E-state index is 10.8. The standard InChI is InChI=1S/C8H15N5O2S/c1-5(4-8(2,9)6(14)15)16-7-10-11-12-13(7)3/h5H,4,9H2,1-3H3,(H,14,15). The first kappa shape index (κ1) is 12.9. The van der Waals surface area contributed by atoms with Crippen LogP contribution in [0.25, 0.3) is 0 Å². The van der Waals surface area contributed by atoms with Gasteiger partial charge in [-0.15, -0.1) is 5.10 Å². The van der Waals surface area contributed by atoms with Crippen LogP contribution in [0.15, 0.2) is 5.16 Å². The molecule has 0 spiro atoms. The number of carboxylic acids is 1. The van der Waals surface area contributed by atoms with E-state index in [-0.39, 0.29) is 5.25 Å². The molecular weight excluding hydrogens is 230 g/mol. The number of hydrogen-bond donors (Lipinski definition) is 2. The molecule has 0 radical (unpaired) electrons. The van der Waals surface area contributed by atoms with E-state index < -0.39 is 11.5 Å². The summed E-state index contributed by atoms with van der Waals surface area (Å²) in [5, 5.41) is 20.6. The summed E-state index contributed by atoms with van der Waals surface area (Å²) < 4.78 is 1.54. The smallest absolute Gasteiger partial charge is 0.323 e. The average Bonchev–Trinajstić information content (AvgIpc) is 2.50. The van der Waals surface area contributed by atoms with Crippen LogP contribution in [-0.4, -0.2) is 42.1 Å². The van der Waals surface area contributed by atoms with Crippen molar-refractivity contribution < 1.29 is 9.90 Å². The zero-order chi connectivity index (χ0) is 12.3. The van der Waals surface area contributed by atoms with E-state index in [0.717, 1.165) is 0 Å². The summed E-state index contributed by atoms with van der Waals surface area (Å²) in [5.41, 5.74) is 4.43. The third kappa shape index (κ3) is 3.17. The first-order chi connectivity index (χ1) is 7.33. The van der Waals surface area contributed by atoms with E-state index >= 15 is 0 Å². The van der Waals surface area contributed by atoms with Gasteiger partial charge in [0.15, 0.2) is 0 Å². The van der Waals surface area contributed by atoms with Crippen molar-refractivity contribution in [2.45, 2.75) is 36.2 Å². The number of nitrogens with two attached hydrogens (primary N) is 1. The van der Waals surface area contributed by atoms with Crippen molar-refractivity contribution in [2.24, 2.45) is 12.8 Å². The van der Waals surface area contributed by atoms with Crippen LogP contribution in [0.2, 0.25) is 0 Å². The van der Waals surface area contributed by atoms with Gasteiger partial charge in [-0.2, -0.15) is 0 Å². The Hall–Kier alpha value is -1.15. The molecular formula is C8H15N5O2S. The lowest BCUT2D eigenvalue weighted by atomic mass is 9.98. The predicted molar refractivity (Wildman–Crippen MR) is 59.0 cm³/mol. The normalized spacial score (nSPS) is 16.8. The highest BCUT2D eigenvalue weighted by Gasteiger charge is 2.30. The zero-order valence-corrected chi connectivity index (χ0v) is 10.2. The quantitative estimate of drug-likeness (QED) is 0.696. The number of carboxylic acid groups (broad SMARTS) is 1. The minimum absolute atomic E-state index is 0.0239. The number of aliphatic carboxylic acids is 1. The molecule has 0 saturated heterocycles. The topological polar surface area (TPSA) is 107 Å². The van der Waals surface area contributed by atoms with Crippen LogP contribution in [0.5, 0.6) is 0 Å². The van der Waals surface area contributed by atoms with Gasteiger partial charge in [0, 0.05) is 12.3 Å². The minimum atomic E-state index is -1.22. The summed E-state index contributed by atoms with van der Waals surface area (Å²) in [7, 11) is 1.73. The van der Waals surface area contributed by atoms with Crippen molar-refractivity contribution in [1.82, 2.24) is 20.2 Å². The van der Waals surface area contributed by atoms with E-state index in [1.165, 1.54) is 23.4 Å². The molecule has 0 aliphatic rings. The van der Waals surface area contributed by atoms with Gasteiger partial charge >= 0.3 is 5.97 Å². The van der Waals surface area contributed by atoms with Crippen molar-refractivity contribution >= 4 is 17.7 Å². The summed E-state index contributed by atoms with van der Waals surface area (Å²) >= 11 is 1.40. The molecule has 0 bridgehead atoms. The number of hydrogen-bond acceptors (Lipinski definition) is 6. The van der Waals surface area contributed by atoms with Gasteiger partial charge in [-0.1, -0.05) is 18.7 Å². The Morgan fingerprint density at radius 3 is 2.81 bits per heavy atom. The number of aryl methyl sites for hydroxylation is 1. The summed E-state index contributed by atoms with van der Waals surface area (Å²) in [6.07, 6.45) is 0.347. The molecule has 2 atom stereocenters. The van der Waals surface area contributed by atoms with E-state index in [1.807, 2.05) is 6.92 Å². The Labute approximate surface area is 97.4 Å². The highest BCUT2D eigenvalue weighted by molar-refractivity contribution is 7.99. The number of aromatic nitrogens is 4. The van der Waals surface area contributed by atoms with Crippen molar-refractivity contribution in [2.75, 3.05) is 0 Å². The number of carbonyl (C=O) groups is 1. The Kier molecular flexibility index (Phi) is 3.87. The maximum atomic E-state index is 10.8. The zero-order valence-electron chi connectivity index (χ0n) is 9.41. The molecule has 0 aromatic carbocycles. The SMILES string of the molecule is CC(CC(C)(N)C(=O)O)Sc1nnnn1C. The molecule has 0 aliphatic heterocycles. The van der Waals surface area contributed by atoms with Crippen molar-refractivity contribution in [3.05, 3.63) is 0 Å². The first-order valence-electron chi connectivity index (χ1n) is 4.74. The third-order valence-corrected chi connectivity index (χ3v) is 3.21. The first-order valence-corrected chi connectivity index (χ1v) is 5.62. The molecule has 0 amide bonds. The van der Waals surface area contributed by atoms with E-state index in [2.05, 4.69) is 15.5 Å². The molecule has 1 aromatic rings. The van der Waals surface area contributed by atoms with Crippen molar-refractivity contribution in [3.8, 4) is 0 Å². The summed E-state index contributed by atoms with van der Waals surface area (Å²) in [4.78, 5) is 10.8. The fourth-order valence-corrected chi connectivity index (χ4v) is 2.29. The maximum Gasteiger partial charge on any atom is 0.323 e. The lowest BCUT2D eigenvalue weighted by Crippen LogP contribution is -2.46. The average molecular weight is 245 g/mol. The van der Waals surface area contributed by atoms with E-state index in [4.69, 9.17) is 10.8 Å². The lowest BCUT2D eigenvalue weighted by molar-refractivity contribution is -0.142. The fourth-order valence-electron chi connectivity index (χ4n) is 1.23. The molecule has 1 aromatic heterocycles. The van der Waals surface area contributed by atoms with E-state index in [9.17, 15) is 4.79 Å². The second-order valence-corrected chi connectivity index (χ2v) is 5.35. The van der Waals surface area contributed by atoms with Crippen LogP contribution in [0.3, 0.4) is 0 Å². The summed E-state index contributed by atoms with van der Waals surface area (Å²) in [6, 6.07) is 0. The summed E-state index contributed by atoms with van der Waals surface area (Å²) in [6.45, 7) is 3.40. The number of thioether (sulfide) groups is 1. The second kappa shape index (κ2) is 4.79. The van der Waals surface area contributed by atoms with Gasteiger partial charge in [0.05, 0.1) is 0 Å². The molecule has 0 aliphatic carbocycles. The molecule has 0 saturated carbocycles. The van der Waals surface area contributed by atoms with Crippen LogP contribution in [-0.2, 0) is 11.8 Å². The molecule has 0 fully saturated rings. The van der Waals surface area contributed by atoms with Gasteiger partial charge in [0.25, 0.3) is 0 Å². The van der Waals surface area contributed by atoms with Crippen molar-refractivity contribution in [1.29, 1.82) is 0 Å². The third-order valence-electron chi connectivity index (χ3n) is 2.09. The Morgan fingerprint density at radius 1 is 1.75 bits per heavy atom. The predicted octanol–water partition coefficient (Wildman–Crippen LogP) is -0.117. The van der Waals surface area contributed by atoms with Gasteiger partial charge in [0.1, 0.15) is 5.54 Å². The lowest BCUT2D eigenvalue weighted by Gasteiger charge is -2.22. The molecule has 3 N–H and O–H groups in total. The van der Waals surface area contributed by atoms with Gasteiger partial charge in [-0.25, -0.2) is 4.68 Å². The number of nitrogens with zero attached hydrogens (tertiary/aromatic N) is 4. The van der Waals surface area contributed by atoms with Crippen molar-refractivity contribution in [3.63, 3.8) is 0 Å². The van der Waals surface area contributed by atoms with E-state index in [0.29, 0.717) is 11.6 Å². The molecule has 1 rings (SSSR count). The van der Waals surface area contributed by atoms with Gasteiger partial charge in [-0.3, -0.25) is 4.79 Å². The second-order valence-electron chi connectivity index (χ2n) is 3.94. The molecule has 1 heterocycles. The molecule has 90 valence electrons. The van der Waals surface area contributed by atoms with E-state index in [1.54, 1.807) is 7.05 Å². The Bertz CT molecular complexity index is 378. The van der Waals surface area contributed by atoms with Crippen LogP contribution in [0, 0.1) is 0 Å².